The van der Waals surface area contributed by atoms with Gasteiger partial charge in [0.1, 0.15) is 22.8 Å². The van der Waals surface area contributed by atoms with Crippen LogP contribution >= 0.6 is 0 Å². The average molecular weight is 563 g/mol. The Morgan fingerprint density at radius 1 is 0.878 bits per heavy atom. The Morgan fingerprint density at radius 2 is 1.46 bits per heavy atom. The van der Waals surface area contributed by atoms with Crippen LogP contribution in [-0.4, -0.2) is 16.7 Å². The van der Waals surface area contributed by atoms with Gasteiger partial charge in [-0.1, -0.05) is 84.8 Å². The zero-order valence-corrected chi connectivity index (χ0v) is 26.8. The Morgan fingerprint density at radius 3 is 2.10 bits per heavy atom. The summed E-state index contributed by atoms with van der Waals surface area (Å²) in [5.74, 6) is 4.09. The Bertz CT molecular complexity index is 1180. The predicted molar refractivity (Wildman–Crippen MR) is 168 cm³/mol. The highest BCUT2D eigenvalue weighted by atomic mass is 16.5. The minimum Gasteiger partial charge on any atom is -0.508 e. The van der Waals surface area contributed by atoms with E-state index in [1.165, 1.54) is 56.9 Å². The molecular weight excluding hydrogens is 508 g/mol. The molecule has 4 nitrogen and oxygen atoms in total. The molecule has 226 valence electrons. The van der Waals surface area contributed by atoms with Gasteiger partial charge in [-0.2, -0.15) is 0 Å². The molecule has 0 fully saturated rings. The molecule has 0 aliphatic carbocycles. The molecule has 4 rings (SSSR count). The number of esters is 1. The summed E-state index contributed by atoms with van der Waals surface area (Å²) < 4.78 is 12.8. The number of ether oxygens (including phenoxy) is 2. The minimum absolute atomic E-state index is 0.0911. The standard InChI is InChI=1S/C37H54O4/c1-24(2)11-8-12-25(3)13-9-14-26(4)15-10-21-37(7)22-20-31-34-32(29-16-18-30(38)19-17-29)23-33(39)40-36(34)28(6)27(5)35(31)41-37/h16-19,24-26,32,38H,8-15,20-23H2,1-7H3/t25-,26-,32-,37+/m0/s1. The topological polar surface area (TPSA) is 55.8 Å². The molecule has 4 atom stereocenters. The van der Waals surface area contributed by atoms with Crippen LogP contribution in [0.1, 0.15) is 139 Å². The van der Waals surface area contributed by atoms with E-state index >= 15 is 0 Å². The fraction of sp³-hybridized carbons (Fsp3) is 0.649. The molecule has 0 bridgehead atoms. The molecule has 0 aromatic heterocycles. The van der Waals surface area contributed by atoms with E-state index in [-0.39, 0.29) is 23.2 Å². The minimum atomic E-state index is -0.200. The number of rotatable bonds is 13. The zero-order chi connectivity index (χ0) is 29.7. The molecule has 2 heterocycles. The molecule has 2 aliphatic rings. The number of benzene rings is 2. The van der Waals surface area contributed by atoms with Crippen LogP contribution in [0.3, 0.4) is 0 Å². The van der Waals surface area contributed by atoms with Crippen LogP contribution < -0.4 is 9.47 Å². The maximum atomic E-state index is 12.6. The molecular formula is C37H54O4. The fourth-order valence-electron chi connectivity index (χ4n) is 7.00. The third kappa shape index (κ3) is 7.87. The summed E-state index contributed by atoms with van der Waals surface area (Å²) >= 11 is 0. The summed E-state index contributed by atoms with van der Waals surface area (Å²) in [6.07, 6.45) is 13.9. The second-order valence-electron chi connectivity index (χ2n) is 14.0. The lowest BCUT2D eigenvalue weighted by molar-refractivity contribution is -0.135. The van der Waals surface area contributed by atoms with Crippen molar-refractivity contribution >= 4 is 5.97 Å². The van der Waals surface area contributed by atoms with Crippen LogP contribution in [0.5, 0.6) is 17.2 Å². The molecule has 0 radical (unpaired) electrons. The summed E-state index contributed by atoms with van der Waals surface area (Å²) in [6.45, 7) is 15.9. The summed E-state index contributed by atoms with van der Waals surface area (Å²) in [4.78, 5) is 12.6. The fourth-order valence-corrected chi connectivity index (χ4v) is 7.00. The number of carbonyl (C=O) groups is 1. The average Bonchev–Trinajstić information content (AvgIpc) is 2.91. The molecule has 0 saturated carbocycles. The van der Waals surface area contributed by atoms with Crippen molar-refractivity contribution in [1.82, 2.24) is 0 Å². The van der Waals surface area contributed by atoms with Crippen LogP contribution in [-0.2, 0) is 11.2 Å². The van der Waals surface area contributed by atoms with E-state index < -0.39 is 0 Å². The number of phenolic OH excluding ortho intramolecular Hbond substituents is 1. The molecule has 0 saturated heterocycles. The molecule has 0 unspecified atom stereocenters. The third-order valence-electron chi connectivity index (χ3n) is 9.85. The lowest BCUT2D eigenvalue weighted by atomic mass is 9.77. The smallest absolute Gasteiger partial charge is 0.312 e. The van der Waals surface area contributed by atoms with Crippen molar-refractivity contribution < 1.29 is 19.4 Å². The van der Waals surface area contributed by atoms with Crippen LogP contribution in [0.15, 0.2) is 24.3 Å². The third-order valence-corrected chi connectivity index (χ3v) is 9.85. The van der Waals surface area contributed by atoms with Gasteiger partial charge in [-0.15, -0.1) is 0 Å². The van der Waals surface area contributed by atoms with E-state index in [1.54, 1.807) is 12.1 Å². The van der Waals surface area contributed by atoms with E-state index in [4.69, 9.17) is 9.47 Å². The van der Waals surface area contributed by atoms with Gasteiger partial charge in [0.05, 0.1) is 6.42 Å². The van der Waals surface area contributed by atoms with E-state index in [1.807, 2.05) is 19.1 Å². The number of hydrogen-bond donors (Lipinski definition) is 1. The highest BCUT2D eigenvalue weighted by Gasteiger charge is 2.40. The van der Waals surface area contributed by atoms with Crippen molar-refractivity contribution in [2.45, 2.75) is 137 Å². The molecule has 41 heavy (non-hydrogen) atoms. The summed E-state index contributed by atoms with van der Waals surface area (Å²) in [5.41, 5.74) is 5.22. The largest absolute Gasteiger partial charge is 0.508 e. The molecule has 1 N–H and O–H groups in total. The first-order valence-corrected chi connectivity index (χ1v) is 16.3. The van der Waals surface area contributed by atoms with Crippen molar-refractivity contribution in [1.29, 1.82) is 0 Å². The summed E-state index contributed by atoms with van der Waals surface area (Å²) in [5, 5.41) is 9.83. The van der Waals surface area contributed by atoms with E-state index in [9.17, 15) is 9.90 Å². The lowest BCUT2D eigenvalue weighted by Gasteiger charge is -2.40. The maximum Gasteiger partial charge on any atom is 0.312 e. The molecule has 0 spiro atoms. The number of aromatic hydroxyl groups is 1. The van der Waals surface area contributed by atoms with Crippen LogP contribution in [0, 0.1) is 31.6 Å². The van der Waals surface area contributed by atoms with Crippen LogP contribution in [0.25, 0.3) is 0 Å². The van der Waals surface area contributed by atoms with Crippen LogP contribution in [0.4, 0.5) is 0 Å². The van der Waals surface area contributed by atoms with Crippen molar-refractivity contribution in [3.8, 4) is 17.2 Å². The monoisotopic (exact) mass is 562 g/mol. The SMILES string of the molecule is Cc1c(C)c2c(c3c1O[C@](C)(CCC[C@@H](C)CCC[C@@H](C)CCCC(C)C)CC3)[C@H](c1ccc(O)cc1)CC(=O)O2. The van der Waals surface area contributed by atoms with Gasteiger partial charge in [0, 0.05) is 17.0 Å². The van der Waals surface area contributed by atoms with Gasteiger partial charge < -0.3 is 14.6 Å². The zero-order valence-electron chi connectivity index (χ0n) is 26.8. The molecule has 2 aromatic rings. The van der Waals surface area contributed by atoms with Crippen molar-refractivity contribution in [3.63, 3.8) is 0 Å². The van der Waals surface area contributed by atoms with Gasteiger partial charge >= 0.3 is 5.97 Å². The maximum absolute atomic E-state index is 12.6. The van der Waals surface area contributed by atoms with Crippen molar-refractivity contribution in [3.05, 3.63) is 52.1 Å². The van der Waals surface area contributed by atoms with Crippen LogP contribution in [0.2, 0.25) is 0 Å². The Kier molecular flexibility index (Phi) is 10.5. The second kappa shape index (κ2) is 13.7. The van der Waals surface area contributed by atoms with E-state index in [0.29, 0.717) is 12.2 Å². The van der Waals surface area contributed by atoms with E-state index in [0.717, 1.165) is 65.0 Å². The highest BCUT2D eigenvalue weighted by molar-refractivity contribution is 5.80. The van der Waals surface area contributed by atoms with Gasteiger partial charge in [-0.05, 0) is 93.0 Å². The van der Waals surface area contributed by atoms with Gasteiger partial charge in [-0.25, -0.2) is 0 Å². The van der Waals surface area contributed by atoms with Gasteiger partial charge in [-0.3, -0.25) is 4.79 Å². The molecule has 0 amide bonds. The predicted octanol–water partition coefficient (Wildman–Crippen LogP) is 9.97. The normalized spacial score (nSPS) is 21.6. The first-order chi connectivity index (χ1) is 19.5. The Labute approximate surface area is 249 Å². The first-order valence-electron chi connectivity index (χ1n) is 16.3. The highest BCUT2D eigenvalue weighted by Crippen LogP contribution is 2.51. The number of phenols is 1. The summed E-state index contributed by atoms with van der Waals surface area (Å²) in [7, 11) is 0. The van der Waals surface area contributed by atoms with Crippen molar-refractivity contribution in [2.75, 3.05) is 0 Å². The Hall–Kier alpha value is -2.49. The van der Waals surface area contributed by atoms with Gasteiger partial charge in [0.15, 0.2) is 0 Å². The molecule has 4 heteroatoms. The number of carbonyl (C=O) groups excluding carboxylic acids is 1. The molecule has 2 aromatic carbocycles. The quantitative estimate of drug-likeness (QED) is 0.195. The van der Waals surface area contributed by atoms with Gasteiger partial charge in [0.2, 0.25) is 0 Å². The summed E-state index contributed by atoms with van der Waals surface area (Å²) in [6, 6.07) is 7.25. The van der Waals surface area contributed by atoms with E-state index in [2.05, 4.69) is 41.5 Å². The van der Waals surface area contributed by atoms with Gasteiger partial charge in [0.25, 0.3) is 0 Å². The lowest BCUT2D eigenvalue weighted by Crippen LogP contribution is -2.38. The van der Waals surface area contributed by atoms with Crippen molar-refractivity contribution in [2.24, 2.45) is 17.8 Å². The first kappa shape index (κ1) is 31.4. The number of fused-ring (bicyclic) bond motifs is 3. The molecule has 2 aliphatic heterocycles. The second-order valence-corrected chi connectivity index (χ2v) is 14.0. The Balaban J connectivity index is 1.38. The number of hydrogen-bond acceptors (Lipinski definition) is 4.